The van der Waals surface area contributed by atoms with Crippen LogP contribution in [0, 0.1) is 5.92 Å². The Morgan fingerprint density at radius 1 is 1.48 bits per heavy atom. The van der Waals surface area contributed by atoms with Gasteiger partial charge in [0.05, 0.1) is 19.6 Å². The maximum absolute atomic E-state index is 12.1. The standard InChI is InChI=1S/C15H20N2O4/c1-21-12-4-2-11(3-5-12)13(7-15(19)20)17-9-10(8-16)6-14(17)18/h2-5,10,13H,6-9,16H2,1H3,(H,19,20). The third-order valence-corrected chi connectivity index (χ3v) is 3.82. The Morgan fingerprint density at radius 2 is 2.14 bits per heavy atom. The van der Waals surface area contributed by atoms with Crippen molar-refractivity contribution < 1.29 is 19.4 Å². The number of carboxylic acid groups (broad SMARTS) is 1. The summed E-state index contributed by atoms with van der Waals surface area (Å²) in [5, 5.41) is 9.13. The van der Waals surface area contributed by atoms with Crippen LogP contribution in [0.4, 0.5) is 0 Å². The smallest absolute Gasteiger partial charge is 0.305 e. The van der Waals surface area contributed by atoms with Crippen molar-refractivity contribution in [3.05, 3.63) is 29.8 Å². The second-order valence-electron chi connectivity index (χ2n) is 5.24. The van der Waals surface area contributed by atoms with Gasteiger partial charge in [-0.2, -0.15) is 0 Å². The van der Waals surface area contributed by atoms with Crippen LogP contribution in [0.2, 0.25) is 0 Å². The minimum Gasteiger partial charge on any atom is -0.497 e. The molecular weight excluding hydrogens is 272 g/mol. The van der Waals surface area contributed by atoms with Gasteiger partial charge in [0.2, 0.25) is 5.91 Å². The first-order valence-corrected chi connectivity index (χ1v) is 6.90. The Morgan fingerprint density at radius 3 is 2.62 bits per heavy atom. The molecule has 1 saturated heterocycles. The Hall–Kier alpha value is -2.08. The summed E-state index contributed by atoms with van der Waals surface area (Å²) < 4.78 is 5.10. The molecule has 1 aliphatic rings. The monoisotopic (exact) mass is 292 g/mol. The molecule has 6 nitrogen and oxygen atoms in total. The van der Waals surface area contributed by atoms with Crippen molar-refractivity contribution in [1.82, 2.24) is 4.90 Å². The molecule has 1 aromatic carbocycles. The van der Waals surface area contributed by atoms with E-state index in [1.807, 2.05) is 0 Å². The lowest BCUT2D eigenvalue weighted by atomic mass is 10.0. The second-order valence-corrected chi connectivity index (χ2v) is 5.24. The average Bonchev–Trinajstić information content (AvgIpc) is 2.86. The first-order chi connectivity index (χ1) is 10.0. The van der Waals surface area contributed by atoms with Crippen molar-refractivity contribution in [1.29, 1.82) is 0 Å². The number of carbonyl (C=O) groups is 2. The van der Waals surface area contributed by atoms with Crippen LogP contribution in [0.15, 0.2) is 24.3 Å². The first kappa shape index (κ1) is 15.3. The van der Waals surface area contributed by atoms with Crippen LogP contribution in [0.25, 0.3) is 0 Å². The van der Waals surface area contributed by atoms with E-state index in [9.17, 15) is 9.59 Å². The first-order valence-electron chi connectivity index (χ1n) is 6.90. The van der Waals surface area contributed by atoms with E-state index in [0.717, 1.165) is 5.56 Å². The van der Waals surface area contributed by atoms with Crippen molar-refractivity contribution in [2.75, 3.05) is 20.2 Å². The number of rotatable bonds is 6. The molecule has 1 aliphatic heterocycles. The highest BCUT2D eigenvalue weighted by Gasteiger charge is 2.35. The number of aliphatic carboxylic acids is 1. The molecule has 6 heteroatoms. The van der Waals surface area contributed by atoms with Gasteiger partial charge >= 0.3 is 5.97 Å². The molecule has 3 N–H and O–H groups in total. The van der Waals surface area contributed by atoms with Gasteiger partial charge in [-0.1, -0.05) is 12.1 Å². The molecular formula is C15H20N2O4. The van der Waals surface area contributed by atoms with Gasteiger partial charge in [0.25, 0.3) is 0 Å². The van der Waals surface area contributed by atoms with E-state index in [4.69, 9.17) is 15.6 Å². The largest absolute Gasteiger partial charge is 0.497 e. The second kappa shape index (κ2) is 6.58. The minimum absolute atomic E-state index is 0.0347. The molecule has 1 heterocycles. The topological polar surface area (TPSA) is 92.9 Å². The molecule has 0 aliphatic carbocycles. The number of nitrogens with zero attached hydrogens (tertiary/aromatic N) is 1. The molecule has 1 amide bonds. The van der Waals surface area contributed by atoms with Crippen molar-refractivity contribution >= 4 is 11.9 Å². The van der Waals surface area contributed by atoms with E-state index in [-0.39, 0.29) is 18.2 Å². The fourth-order valence-electron chi connectivity index (χ4n) is 2.67. The number of benzene rings is 1. The maximum Gasteiger partial charge on any atom is 0.305 e. The quantitative estimate of drug-likeness (QED) is 0.816. The minimum atomic E-state index is -0.931. The Balaban J connectivity index is 2.25. The Labute approximate surface area is 123 Å². The van der Waals surface area contributed by atoms with Crippen molar-refractivity contribution in [3.63, 3.8) is 0 Å². The summed E-state index contributed by atoms with van der Waals surface area (Å²) in [5.41, 5.74) is 6.42. The molecule has 2 atom stereocenters. The van der Waals surface area contributed by atoms with Gasteiger partial charge in [0.1, 0.15) is 5.75 Å². The van der Waals surface area contributed by atoms with Crippen LogP contribution >= 0.6 is 0 Å². The summed E-state index contributed by atoms with van der Waals surface area (Å²) in [4.78, 5) is 24.9. The molecule has 0 spiro atoms. The van der Waals surface area contributed by atoms with Crippen LogP contribution in [-0.2, 0) is 9.59 Å². The molecule has 1 aromatic rings. The van der Waals surface area contributed by atoms with Gasteiger partial charge in [0.15, 0.2) is 0 Å². The van der Waals surface area contributed by atoms with Gasteiger partial charge < -0.3 is 20.5 Å². The predicted octanol–water partition coefficient (Wildman–Crippen LogP) is 1.02. The van der Waals surface area contributed by atoms with Gasteiger partial charge in [0, 0.05) is 13.0 Å². The Bertz CT molecular complexity index is 515. The van der Waals surface area contributed by atoms with Crippen LogP contribution < -0.4 is 10.5 Å². The molecule has 2 rings (SSSR count). The zero-order valence-electron chi connectivity index (χ0n) is 12.0. The number of hydrogen-bond acceptors (Lipinski definition) is 4. The highest BCUT2D eigenvalue weighted by Crippen LogP contribution is 2.31. The number of carbonyl (C=O) groups excluding carboxylic acids is 1. The third-order valence-electron chi connectivity index (χ3n) is 3.82. The maximum atomic E-state index is 12.1. The molecule has 0 bridgehead atoms. The summed E-state index contributed by atoms with van der Waals surface area (Å²) in [6, 6.07) is 6.68. The van der Waals surface area contributed by atoms with Crippen LogP contribution in [0.3, 0.4) is 0 Å². The van der Waals surface area contributed by atoms with Gasteiger partial charge in [-0.15, -0.1) is 0 Å². The summed E-state index contributed by atoms with van der Waals surface area (Å²) in [6.07, 6.45) is 0.276. The van der Waals surface area contributed by atoms with Crippen LogP contribution in [0.5, 0.6) is 5.75 Å². The van der Waals surface area contributed by atoms with Crippen LogP contribution in [-0.4, -0.2) is 42.1 Å². The molecule has 114 valence electrons. The number of ether oxygens (including phenoxy) is 1. The average molecular weight is 292 g/mol. The lowest BCUT2D eigenvalue weighted by molar-refractivity contribution is -0.139. The van der Waals surface area contributed by atoms with Crippen molar-refractivity contribution in [3.8, 4) is 5.75 Å². The van der Waals surface area contributed by atoms with Gasteiger partial charge in [-0.3, -0.25) is 9.59 Å². The van der Waals surface area contributed by atoms with E-state index in [2.05, 4.69) is 0 Å². The molecule has 0 radical (unpaired) electrons. The lowest BCUT2D eigenvalue weighted by Crippen LogP contribution is -2.32. The summed E-state index contributed by atoms with van der Waals surface area (Å²) >= 11 is 0. The van der Waals surface area contributed by atoms with Crippen molar-refractivity contribution in [2.24, 2.45) is 11.7 Å². The fourth-order valence-corrected chi connectivity index (χ4v) is 2.67. The number of methoxy groups -OCH3 is 1. The lowest BCUT2D eigenvalue weighted by Gasteiger charge is -2.27. The molecule has 0 saturated carbocycles. The normalized spacial score (nSPS) is 19.6. The summed E-state index contributed by atoms with van der Waals surface area (Å²) in [6.45, 7) is 0.948. The molecule has 1 fully saturated rings. The van der Waals surface area contributed by atoms with Gasteiger partial charge in [-0.25, -0.2) is 0 Å². The van der Waals surface area contributed by atoms with E-state index in [1.165, 1.54) is 0 Å². The highest BCUT2D eigenvalue weighted by molar-refractivity contribution is 5.80. The van der Waals surface area contributed by atoms with Crippen LogP contribution in [0.1, 0.15) is 24.4 Å². The zero-order valence-corrected chi connectivity index (χ0v) is 12.0. The number of hydrogen-bond donors (Lipinski definition) is 2. The number of likely N-dealkylation sites (tertiary alicyclic amines) is 1. The molecule has 21 heavy (non-hydrogen) atoms. The van der Waals surface area contributed by atoms with E-state index < -0.39 is 12.0 Å². The third kappa shape index (κ3) is 3.52. The van der Waals surface area contributed by atoms with Gasteiger partial charge in [-0.05, 0) is 30.2 Å². The summed E-state index contributed by atoms with van der Waals surface area (Å²) in [5.74, 6) is -0.167. The summed E-state index contributed by atoms with van der Waals surface area (Å²) in [7, 11) is 1.57. The number of carboxylic acids is 1. The molecule has 2 unspecified atom stereocenters. The SMILES string of the molecule is COc1ccc(C(CC(=O)O)N2CC(CN)CC2=O)cc1. The van der Waals surface area contributed by atoms with E-state index in [1.54, 1.807) is 36.3 Å². The fraction of sp³-hybridized carbons (Fsp3) is 0.467. The van der Waals surface area contributed by atoms with E-state index in [0.29, 0.717) is 25.3 Å². The highest BCUT2D eigenvalue weighted by atomic mass is 16.5. The number of amides is 1. The molecule has 0 aromatic heterocycles. The zero-order chi connectivity index (χ0) is 15.4. The van der Waals surface area contributed by atoms with Crippen molar-refractivity contribution in [2.45, 2.75) is 18.9 Å². The van der Waals surface area contributed by atoms with E-state index >= 15 is 0 Å². The predicted molar refractivity (Wildman–Crippen MR) is 76.9 cm³/mol. The number of nitrogens with two attached hydrogens (primary N) is 1. The Kier molecular flexibility index (Phi) is 4.80.